The first kappa shape index (κ1) is 8.41. The molecule has 0 unspecified atom stereocenters. The third-order valence-corrected chi connectivity index (χ3v) is 2.10. The van der Waals surface area contributed by atoms with Crippen LogP contribution in [-0.4, -0.2) is 5.37 Å². The molecule has 0 spiro atoms. The molecule has 1 aromatic carbocycles. The maximum Gasteiger partial charge on any atom is -0.0116 e. The third kappa shape index (κ3) is 2.81. The quantitative estimate of drug-likeness (QED) is 0.619. The van der Waals surface area contributed by atoms with Crippen LogP contribution >= 0.6 is 12.2 Å². The van der Waals surface area contributed by atoms with Crippen molar-refractivity contribution in [2.75, 3.05) is 0 Å². The number of hydrogen-bond acceptors (Lipinski definition) is 1. The fourth-order valence-corrected chi connectivity index (χ4v) is 1.13. The molecule has 0 fully saturated rings. The van der Waals surface area contributed by atoms with Gasteiger partial charge in [-0.05, 0) is 23.3 Å². The van der Waals surface area contributed by atoms with Crippen molar-refractivity contribution in [3.05, 3.63) is 35.9 Å². The lowest BCUT2D eigenvalue weighted by atomic mass is 10.0. The molecule has 1 rings (SSSR count). The molecular formula is C10H12S. The monoisotopic (exact) mass is 164 g/mol. The Morgan fingerprint density at radius 3 is 2.55 bits per heavy atom. The smallest absolute Gasteiger partial charge is 0.0116 e. The van der Waals surface area contributed by atoms with Gasteiger partial charge in [-0.1, -0.05) is 49.5 Å². The summed E-state index contributed by atoms with van der Waals surface area (Å²) in [6.07, 6.45) is 1.06. The zero-order chi connectivity index (χ0) is 8.10. The van der Waals surface area contributed by atoms with Gasteiger partial charge in [-0.15, -0.1) is 0 Å². The van der Waals surface area contributed by atoms with Gasteiger partial charge in [0.05, 0.1) is 0 Å². The Morgan fingerprint density at radius 1 is 1.36 bits per heavy atom. The lowest BCUT2D eigenvalue weighted by Crippen LogP contribution is -1.98. The minimum atomic E-state index is 0.507. The number of rotatable bonds is 3. The first-order valence-corrected chi connectivity index (χ1v) is 4.29. The summed E-state index contributed by atoms with van der Waals surface area (Å²) in [5.74, 6) is 0.507. The maximum absolute atomic E-state index is 4.85. The summed E-state index contributed by atoms with van der Waals surface area (Å²) in [7, 11) is 0. The molecule has 0 N–H and O–H groups in total. The van der Waals surface area contributed by atoms with Crippen molar-refractivity contribution in [3.8, 4) is 0 Å². The molecule has 0 aliphatic heterocycles. The summed E-state index contributed by atoms with van der Waals surface area (Å²) < 4.78 is 0. The molecule has 0 aliphatic rings. The Morgan fingerprint density at radius 2 is 2.00 bits per heavy atom. The SMILES string of the molecule is C[C@H](C=S)Cc1ccccc1. The number of hydrogen-bond donors (Lipinski definition) is 0. The minimum absolute atomic E-state index is 0.507. The van der Waals surface area contributed by atoms with Gasteiger partial charge in [0.25, 0.3) is 0 Å². The van der Waals surface area contributed by atoms with Crippen molar-refractivity contribution in [3.63, 3.8) is 0 Å². The third-order valence-electron chi connectivity index (χ3n) is 1.63. The average molecular weight is 164 g/mol. The van der Waals surface area contributed by atoms with E-state index in [4.69, 9.17) is 12.2 Å². The second-order valence-corrected chi connectivity index (χ2v) is 3.08. The van der Waals surface area contributed by atoms with Gasteiger partial charge in [0, 0.05) is 0 Å². The highest BCUT2D eigenvalue weighted by molar-refractivity contribution is 7.79. The van der Waals surface area contributed by atoms with Crippen molar-refractivity contribution in [2.45, 2.75) is 13.3 Å². The topological polar surface area (TPSA) is 0 Å². The van der Waals surface area contributed by atoms with E-state index in [0.717, 1.165) is 6.42 Å². The van der Waals surface area contributed by atoms with Gasteiger partial charge in [0.2, 0.25) is 0 Å². The van der Waals surface area contributed by atoms with Crippen molar-refractivity contribution in [2.24, 2.45) is 5.92 Å². The van der Waals surface area contributed by atoms with Crippen LogP contribution in [0.2, 0.25) is 0 Å². The van der Waals surface area contributed by atoms with Crippen LogP contribution in [0, 0.1) is 5.92 Å². The van der Waals surface area contributed by atoms with Crippen molar-refractivity contribution >= 4 is 17.6 Å². The molecule has 0 nitrogen and oxygen atoms in total. The fourth-order valence-electron chi connectivity index (χ4n) is 1.03. The Kier molecular flexibility index (Phi) is 3.24. The Labute approximate surface area is 73.2 Å². The molecule has 11 heavy (non-hydrogen) atoms. The zero-order valence-electron chi connectivity index (χ0n) is 6.66. The summed E-state index contributed by atoms with van der Waals surface area (Å²) in [6.45, 7) is 2.14. The molecule has 0 aromatic heterocycles. The van der Waals surface area contributed by atoms with Crippen LogP contribution in [0.15, 0.2) is 30.3 Å². The van der Waals surface area contributed by atoms with Crippen molar-refractivity contribution in [1.29, 1.82) is 0 Å². The number of benzene rings is 1. The number of thiocarbonyl (C=S) groups is 1. The molecule has 0 amide bonds. The Hall–Kier alpha value is -0.690. The first-order chi connectivity index (χ1) is 5.33. The second kappa shape index (κ2) is 4.24. The van der Waals surface area contributed by atoms with Gasteiger partial charge in [-0.2, -0.15) is 0 Å². The van der Waals surface area contributed by atoms with Gasteiger partial charge in [-0.25, -0.2) is 0 Å². The van der Waals surface area contributed by atoms with E-state index in [0.29, 0.717) is 5.92 Å². The average Bonchev–Trinajstić information content (AvgIpc) is 2.06. The standard InChI is InChI=1S/C10H12S/c1-9(8-11)7-10-5-3-2-4-6-10/h2-6,8-9H,7H2,1H3/t9-/m0/s1. The molecule has 1 heteroatoms. The molecule has 1 aromatic rings. The second-order valence-electron chi connectivity index (χ2n) is 2.80. The van der Waals surface area contributed by atoms with Crippen LogP contribution in [-0.2, 0) is 6.42 Å². The van der Waals surface area contributed by atoms with E-state index >= 15 is 0 Å². The molecule has 0 saturated heterocycles. The van der Waals surface area contributed by atoms with E-state index in [9.17, 15) is 0 Å². The lowest BCUT2D eigenvalue weighted by molar-refractivity contribution is 0.792. The van der Waals surface area contributed by atoms with E-state index in [1.54, 1.807) is 0 Å². The van der Waals surface area contributed by atoms with E-state index < -0.39 is 0 Å². The van der Waals surface area contributed by atoms with Crippen LogP contribution in [0.4, 0.5) is 0 Å². The van der Waals surface area contributed by atoms with Gasteiger partial charge in [0.15, 0.2) is 0 Å². The normalized spacial score (nSPS) is 12.5. The molecular weight excluding hydrogens is 152 g/mol. The summed E-state index contributed by atoms with van der Waals surface area (Å²) in [5, 5.41) is 1.83. The van der Waals surface area contributed by atoms with Gasteiger partial charge in [-0.3, -0.25) is 0 Å². The summed E-state index contributed by atoms with van der Waals surface area (Å²) in [4.78, 5) is 0. The molecule has 1 atom stereocenters. The van der Waals surface area contributed by atoms with Gasteiger partial charge < -0.3 is 0 Å². The summed E-state index contributed by atoms with van der Waals surface area (Å²) in [6, 6.07) is 10.4. The van der Waals surface area contributed by atoms with Gasteiger partial charge in [0.1, 0.15) is 0 Å². The summed E-state index contributed by atoms with van der Waals surface area (Å²) >= 11 is 4.85. The van der Waals surface area contributed by atoms with E-state index in [2.05, 4.69) is 31.2 Å². The molecule has 0 saturated carbocycles. The zero-order valence-corrected chi connectivity index (χ0v) is 7.47. The Bertz CT molecular complexity index is 216. The predicted octanol–water partition coefficient (Wildman–Crippen LogP) is 2.86. The maximum atomic E-state index is 4.85. The van der Waals surface area contributed by atoms with Crippen LogP contribution < -0.4 is 0 Å². The molecule has 0 radical (unpaired) electrons. The van der Waals surface area contributed by atoms with Crippen LogP contribution in [0.5, 0.6) is 0 Å². The fraction of sp³-hybridized carbons (Fsp3) is 0.300. The van der Waals surface area contributed by atoms with Crippen molar-refractivity contribution in [1.82, 2.24) is 0 Å². The highest BCUT2D eigenvalue weighted by Crippen LogP contribution is 2.05. The van der Waals surface area contributed by atoms with E-state index in [-0.39, 0.29) is 0 Å². The van der Waals surface area contributed by atoms with Crippen LogP contribution in [0.3, 0.4) is 0 Å². The lowest BCUT2D eigenvalue weighted by Gasteiger charge is -2.03. The van der Waals surface area contributed by atoms with Crippen LogP contribution in [0.25, 0.3) is 0 Å². The molecule has 58 valence electrons. The van der Waals surface area contributed by atoms with Crippen molar-refractivity contribution < 1.29 is 0 Å². The van der Waals surface area contributed by atoms with Gasteiger partial charge >= 0.3 is 0 Å². The molecule has 0 bridgehead atoms. The Balaban J connectivity index is 2.57. The largest absolute Gasteiger partial charge is 0.0932 e. The van der Waals surface area contributed by atoms with E-state index in [1.165, 1.54) is 5.56 Å². The summed E-state index contributed by atoms with van der Waals surface area (Å²) in [5.41, 5.74) is 1.36. The molecule has 0 heterocycles. The highest BCUT2D eigenvalue weighted by atomic mass is 32.1. The first-order valence-electron chi connectivity index (χ1n) is 3.82. The highest BCUT2D eigenvalue weighted by Gasteiger charge is 1.97. The minimum Gasteiger partial charge on any atom is -0.0932 e. The van der Waals surface area contributed by atoms with E-state index in [1.807, 2.05) is 11.4 Å². The predicted molar refractivity (Wildman–Crippen MR) is 53.0 cm³/mol. The van der Waals surface area contributed by atoms with Crippen LogP contribution in [0.1, 0.15) is 12.5 Å². The molecule has 0 aliphatic carbocycles.